The standard InChI is InChI=1S/C29H25NO5.Na/c1-16-9-14-25(34-18(3)19-10-12-20(33-4)13-11-19)26-22(29(31)32)15-23(30-27(16)26)28-17(2)21-7-5-6-8-24(21)35-28;/h5-15,18H,1-4H3,(H,31,32);/q;+1/p-1/t18-;/m0./s1. The Kier molecular flexibility index (Phi) is 7.41. The van der Waals surface area contributed by atoms with E-state index in [-0.39, 0.29) is 41.2 Å². The number of aryl methyl sites for hydroxylation is 2. The molecule has 0 spiro atoms. The van der Waals surface area contributed by atoms with Crippen molar-refractivity contribution >= 4 is 27.8 Å². The Hall–Kier alpha value is -3.32. The molecular weight excluding hydrogens is 465 g/mol. The van der Waals surface area contributed by atoms with E-state index < -0.39 is 5.97 Å². The molecule has 0 saturated carbocycles. The summed E-state index contributed by atoms with van der Waals surface area (Å²) in [7, 11) is 1.61. The zero-order chi connectivity index (χ0) is 24.7. The van der Waals surface area contributed by atoms with Gasteiger partial charge in [0, 0.05) is 16.5 Å². The fraction of sp³-hybridized carbons (Fsp3) is 0.172. The number of aromatic carboxylic acids is 1. The summed E-state index contributed by atoms with van der Waals surface area (Å²) in [6.45, 7) is 5.74. The Labute approximate surface area is 231 Å². The molecule has 7 heteroatoms. The molecule has 0 saturated heterocycles. The number of hydrogen-bond acceptors (Lipinski definition) is 6. The van der Waals surface area contributed by atoms with E-state index in [2.05, 4.69) is 0 Å². The van der Waals surface area contributed by atoms with Crippen LogP contribution in [0, 0.1) is 13.8 Å². The van der Waals surface area contributed by atoms with Crippen molar-refractivity contribution < 1.29 is 53.3 Å². The maximum Gasteiger partial charge on any atom is 1.00 e. The van der Waals surface area contributed by atoms with Crippen LogP contribution in [0.4, 0.5) is 0 Å². The second-order valence-corrected chi connectivity index (χ2v) is 8.53. The molecule has 2 heterocycles. The summed E-state index contributed by atoms with van der Waals surface area (Å²) in [4.78, 5) is 17.1. The zero-order valence-electron chi connectivity index (χ0n) is 20.9. The molecule has 2 aromatic heterocycles. The Morgan fingerprint density at radius 2 is 1.75 bits per heavy atom. The summed E-state index contributed by atoms with van der Waals surface area (Å²) in [5.41, 5.74) is 4.34. The van der Waals surface area contributed by atoms with Crippen LogP contribution < -0.4 is 44.1 Å². The quantitative estimate of drug-likeness (QED) is 0.341. The number of rotatable bonds is 6. The Morgan fingerprint density at radius 1 is 1.03 bits per heavy atom. The monoisotopic (exact) mass is 489 g/mol. The molecule has 0 N–H and O–H groups in total. The number of fused-ring (bicyclic) bond motifs is 2. The molecule has 5 aromatic rings. The van der Waals surface area contributed by atoms with Gasteiger partial charge in [-0.2, -0.15) is 0 Å². The summed E-state index contributed by atoms with van der Waals surface area (Å²) in [5.74, 6) is 0.403. The SMILES string of the molecule is COc1ccc([C@H](C)Oc2ccc(C)c3nc(-c4oc5ccccc5c4C)cc(C(=O)[O-])c23)cc1.[Na+]. The number of carbonyl (C=O) groups excluding carboxylic acids is 1. The van der Waals surface area contributed by atoms with Crippen molar-refractivity contribution in [3.8, 4) is 23.0 Å². The number of para-hydroxylation sites is 1. The van der Waals surface area contributed by atoms with Crippen molar-refractivity contribution in [1.29, 1.82) is 0 Å². The third-order valence-corrected chi connectivity index (χ3v) is 6.31. The number of benzene rings is 3. The van der Waals surface area contributed by atoms with Gasteiger partial charge >= 0.3 is 29.6 Å². The molecule has 0 aliphatic rings. The Bertz CT molecular complexity index is 1570. The summed E-state index contributed by atoms with van der Waals surface area (Å²) in [6, 6.07) is 20.4. The third kappa shape index (κ3) is 4.60. The average molecular weight is 490 g/mol. The number of methoxy groups -OCH3 is 1. The van der Waals surface area contributed by atoms with E-state index in [4.69, 9.17) is 18.9 Å². The van der Waals surface area contributed by atoms with E-state index in [1.54, 1.807) is 13.2 Å². The minimum atomic E-state index is -1.31. The number of pyridine rings is 1. The molecule has 0 aliphatic carbocycles. The van der Waals surface area contributed by atoms with Gasteiger partial charge in [-0.3, -0.25) is 0 Å². The first-order chi connectivity index (χ1) is 16.9. The minimum Gasteiger partial charge on any atom is -0.545 e. The molecule has 6 nitrogen and oxygen atoms in total. The normalized spacial score (nSPS) is 11.8. The van der Waals surface area contributed by atoms with E-state index in [1.807, 2.05) is 75.4 Å². The molecule has 0 bridgehead atoms. The average Bonchev–Trinajstić information content (AvgIpc) is 3.21. The number of carboxylic acids is 1. The molecular formula is C29H24NNaO5. The third-order valence-electron chi connectivity index (χ3n) is 6.31. The maximum atomic E-state index is 12.3. The van der Waals surface area contributed by atoms with Gasteiger partial charge in [0.1, 0.15) is 28.9 Å². The van der Waals surface area contributed by atoms with Gasteiger partial charge in [0.2, 0.25) is 0 Å². The molecule has 0 unspecified atom stereocenters. The van der Waals surface area contributed by atoms with E-state index in [0.29, 0.717) is 28.1 Å². The van der Waals surface area contributed by atoms with Crippen LogP contribution in [0.3, 0.4) is 0 Å². The second kappa shape index (κ2) is 10.3. The molecule has 3 aromatic carbocycles. The number of carboxylic acid groups (broad SMARTS) is 1. The molecule has 176 valence electrons. The second-order valence-electron chi connectivity index (χ2n) is 8.53. The van der Waals surface area contributed by atoms with E-state index in [0.717, 1.165) is 33.4 Å². The van der Waals surface area contributed by atoms with Crippen LogP contribution in [-0.2, 0) is 0 Å². The Balaban J connectivity index is 0.00000304. The Morgan fingerprint density at radius 3 is 2.42 bits per heavy atom. The molecule has 1 atom stereocenters. The van der Waals surface area contributed by atoms with Gasteiger partial charge in [-0.1, -0.05) is 36.4 Å². The predicted octanol–water partition coefficient (Wildman–Crippen LogP) is 2.78. The van der Waals surface area contributed by atoms with Crippen LogP contribution in [0.15, 0.2) is 71.1 Å². The number of carbonyl (C=O) groups is 1. The van der Waals surface area contributed by atoms with Gasteiger partial charge in [-0.25, -0.2) is 4.98 Å². The van der Waals surface area contributed by atoms with Gasteiger partial charge in [-0.05, 0) is 62.2 Å². The van der Waals surface area contributed by atoms with Crippen molar-refractivity contribution in [2.24, 2.45) is 0 Å². The predicted molar refractivity (Wildman–Crippen MR) is 133 cm³/mol. The van der Waals surface area contributed by atoms with Crippen LogP contribution in [0.2, 0.25) is 0 Å². The van der Waals surface area contributed by atoms with Gasteiger partial charge < -0.3 is 23.8 Å². The minimum absolute atomic E-state index is 0. The molecule has 0 fully saturated rings. The molecule has 0 radical (unpaired) electrons. The van der Waals surface area contributed by atoms with E-state index in [1.165, 1.54) is 6.07 Å². The van der Waals surface area contributed by atoms with Crippen molar-refractivity contribution in [3.05, 3.63) is 89.0 Å². The fourth-order valence-corrected chi connectivity index (χ4v) is 4.37. The first-order valence-corrected chi connectivity index (χ1v) is 11.3. The van der Waals surface area contributed by atoms with Crippen LogP contribution in [-0.4, -0.2) is 18.1 Å². The van der Waals surface area contributed by atoms with Crippen LogP contribution in [0.1, 0.15) is 40.1 Å². The number of ether oxygens (including phenoxy) is 2. The van der Waals surface area contributed by atoms with Crippen molar-refractivity contribution in [1.82, 2.24) is 4.98 Å². The summed E-state index contributed by atoms with van der Waals surface area (Å²) in [5, 5.41) is 13.7. The summed E-state index contributed by atoms with van der Waals surface area (Å²) in [6.07, 6.45) is -0.335. The molecule has 5 rings (SSSR count). The zero-order valence-corrected chi connectivity index (χ0v) is 22.9. The topological polar surface area (TPSA) is 84.6 Å². The van der Waals surface area contributed by atoms with Gasteiger partial charge in [0.05, 0.1) is 24.0 Å². The van der Waals surface area contributed by atoms with Crippen molar-refractivity contribution in [2.45, 2.75) is 26.9 Å². The summed E-state index contributed by atoms with van der Waals surface area (Å²) >= 11 is 0. The van der Waals surface area contributed by atoms with E-state index >= 15 is 0 Å². The van der Waals surface area contributed by atoms with Crippen molar-refractivity contribution in [2.75, 3.05) is 7.11 Å². The largest absolute Gasteiger partial charge is 1.00 e. The first kappa shape index (κ1) is 25.8. The van der Waals surface area contributed by atoms with Crippen LogP contribution in [0.5, 0.6) is 11.5 Å². The summed E-state index contributed by atoms with van der Waals surface area (Å²) < 4.78 is 17.5. The number of aromatic nitrogens is 1. The molecule has 0 aliphatic heterocycles. The number of hydrogen-bond donors (Lipinski definition) is 0. The first-order valence-electron chi connectivity index (χ1n) is 11.3. The van der Waals surface area contributed by atoms with Gasteiger partial charge in [-0.15, -0.1) is 0 Å². The fourth-order valence-electron chi connectivity index (χ4n) is 4.37. The van der Waals surface area contributed by atoms with E-state index in [9.17, 15) is 9.90 Å². The number of nitrogens with zero attached hydrogens (tertiary/aromatic N) is 1. The molecule has 36 heavy (non-hydrogen) atoms. The van der Waals surface area contributed by atoms with Gasteiger partial charge in [0.25, 0.3) is 0 Å². The smallest absolute Gasteiger partial charge is 0.545 e. The van der Waals surface area contributed by atoms with Crippen molar-refractivity contribution in [3.63, 3.8) is 0 Å². The number of furan rings is 1. The van der Waals surface area contributed by atoms with Crippen LogP contribution >= 0.6 is 0 Å². The van der Waals surface area contributed by atoms with Crippen LogP contribution in [0.25, 0.3) is 33.3 Å². The maximum absolute atomic E-state index is 12.3. The molecule has 0 amide bonds. The van der Waals surface area contributed by atoms with Gasteiger partial charge in [0.15, 0.2) is 5.76 Å².